The molecule has 0 atom stereocenters. The molecule has 1 aromatic carbocycles. The Bertz CT molecular complexity index is 1180. The van der Waals surface area contributed by atoms with Crippen LogP contribution in [-0.4, -0.2) is 41.1 Å². The molecule has 138 valence electrons. The van der Waals surface area contributed by atoms with Gasteiger partial charge in [0.2, 0.25) is 0 Å². The first-order valence-corrected chi connectivity index (χ1v) is 9.02. The average Bonchev–Trinajstić information content (AvgIpc) is 3.07. The zero-order chi connectivity index (χ0) is 19.0. The number of halogens is 1. The zero-order valence-electron chi connectivity index (χ0n) is 14.6. The summed E-state index contributed by atoms with van der Waals surface area (Å²) in [6.45, 7) is 2.37. The number of rotatable bonds is 5. The summed E-state index contributed by atoms with van der Waals surface area (Å²) in [4.78, 5) is 17.0. The maximum atomic E-state index is 12.6. The zero-order valence-corrected chi connectivity index (χ0v) is 15.4. The number of aliphatic hydroxyl groups excluding tert-OH is 1. The van der Waals surface area contributed by atoms with Crippen LogP contribution in [0.4, 0.5) is 0 Å². The normalized spacial score (nSPS) is 11.5. The molecule has 0 unspecified atom stereocenters. The van der Waals surface area contributed by atoms with Gasteiger partial charge in [-0.25, -0.2) is 4.98 Å². The van der Waals surface area contributed by atoms with E-state index in [9.17, 15) is 4.79 Å². The lowest BCUT2D eigenvalue weighted by Crippen LogP contribution is -2.23. The molecule has 4 rings (SSSR count). The molecule has 0 aliphatic heterocycles. The van der Waals surface area contributed by atoms with E-state index in [0.717, 1.165) is 16.8 Å². The van der Waals surface area contributed by atoms with E-state index < -0.39 is 0 Å². The summed E-state index contributed by atoms with van der Waals surface area (Å²) in [7, 11) is 0. The van der Waals surface area contributed by atoms with Crippen LogP contribution < -0.4 is 5.56 Å². The summed E-state index contributed by atoms with van der Waals surface area (Å²) in [5, 5.41) is 22.6. The van der Waals surface area contributed by atoms with Crippen LogP contribution >= 0.6 is 11.6 Å². The van der Waals surface area contributed by atoms with Crippen molar-refractivity contribution in [3.8, 4) is 11.1 Å². The smallest absolute Gasteiger partial charge is 0.283 e. The fourth-order valence-electron chi connectivity index (χ4n) is 3.06. The van der Waals surface area contributed by atoms with Gasteiger partial charge < -0.3 is 5.11 Å². The molecule has 0 aliphatic carbocycles. The van der Waals surface area contributed by atoms with E-state index in [4.69, 9.17) is 16.7 Å². The summed E-state index contributed by atoms with van der Waals surface area (Å²) in [6, 6.07) is 7.44. The van der Waals surface area contributed by atoms with Crippen molar-refractivity contribution < 1.29 is 5.11 Å². The minimum atomic E-state index is -0.301. The molecule has 0 bridgehead atoms. The van der Waals surface area contributed by atoms with Crippen molar-refractivity contribution in [3.63, 3.8) is 0 Å². The molecule has 9 heteroatoms. The van der Waals surface area contributed by atoms with E-state index in [1.54, 1.807) is 4.52 Å². The highest BCUT2D eigenvalue weighted by atomic mass is 35.5. The fraction of sp³-hybridized carbons (Fsp3) is 0.278. The highest BCUT2D eigenvalue weighted by Gasteiger charge is 2.19. The number of nitrogens with zero attached hydrogens (tertiary/aromatic N) is 6. The van der Waals surface area contributed by atoms with Gasteiger partial charge in [-0.3, -0.25) is 9.36 Å². The molecule has 0 radical (unpaired) electrons. The maximum absolute atomic E-state index is 12.6. The Morgan fingerprint density at radius 3 is 2.63 bits per heavy atom. The SMILES string of the molecule is CCc1nn2c(nnc3c(=O)n(CCCO)cnc32)c1-c1ccc(Cl)cc1. The summed E-state index contributed by atoms with van der Waals surface area (Å²) in [5.41, 5.74) is 3.37. The monoisotopic (exact) mass is 384 g/mol. The first-order valence-electron chi connectivity index (χ1n) is 8.64. The summed E-state index contributed by atoms with van der Waals surface area (Å²) >= 11 is 6.00. The molecule has 8 nitrogen and oxygen atoms in total. The topological polar surface area (TPSA) is 98.2 Å². The van der Waals surface area contributed by atoms with Gasteiger partial charge in [-0.15, -0.1) is 10.2 Å². The van der Waals surface area contributed by atoms with Crippen molar-refractivity contribution in [2.75, 3.05) is 6.61 Å². The van der Waals surface area contributed by atoms with Crippen LogP contribution in [-0.2, 0) is 13.0 Å². The minimum absolute atomic E-state index is 0.00133. The van der Waals surface area contributed by atoms with Crippen molar-refractivity contribution >= 4 is 28.4 Å². The molecule has 4 aromatic rings. The number of hydrogen-bond donors (Lipinski definition) is 1. The molecule has 0 aliphatic rings. The third kappa shape index (κ3) is 2.96. The van der Waals surface area contributed by atoms with Crippen molar-refractivity contribution in [1.29, 1.82) is 0 Å². The third-order valence-corrected chi connectivity index (χ3v) is 4.65. The number of fused-ring (bicyclic) bond motifs is 3. The van der Waals surface area contributed by atoms with Crippen molar-refractivity contribution in [2.45, 2.75) is 26.3 Å². The lowest BCUT2D eigenvalue weighted by Gasteiger charge is -2.05. The Morgan fingerprint density at radius 2 is 1.93 bits per heavy atom. The summed E-state index contributed by atoms with van der Waals surface area (Å²) < 4.78 is 2.99. The van der Waals surface area contributed by atoms with Gasteiger partial charge in [-0.05, 0) is 30.5 Å². The molecule has 3 aromatic heterocycles. The van der Waals surface area contributed by atoms with Crippen LogP contribution in [0, 0.1) is 0 Å². The number of aromatic nitrogens is 6. The van der Waals surface area contributed by atoms with Gasteiger partial charge in [0, 0.05) is 18.2 Å². The first kappa shape index (κ1) is 17.6. The van der Waals surface area contributed by atoms with Crippen LogP contribution in [0.5, 0.6) is 0 Å². The van der Waals surface area contributed by atoms with Crippen molar-refractivity contribution in [3.05, 3.63) is 51.7 Å². The Morgan fingerprint density at radius 1 is 1.15 bits per heavy atom. The molecular formula is C18H17ClN6O2. The average molecular weight is 385 g/mol. The van der Waals surface area contributed by atoms with Crippen molar-refractivity contribution in [2.24, 2.45) is 0 Å². The van der Waals surface area contributed by atoms with Gasteiger partial charge in [0.1, 0.15) is 6.33 Å². The highest BCUT2D eigenvalue weighted by molar-refractivity contribution is 6.30. The molecule has 0 spiro atoms. The Hall–Kier alpha value is -2.84. The molecule has 0 amide bonds. The van der Waals surface area contributed by atoms with Gasteiger partial charge in [-0.1, -0.05) is 30.7 Å². The van der Waals surface area contributed by atoms with E-state index in [2.05, 4.69) is 20.3 Å². The predicted molar refractivity (Wildman–Crippen MR) is 102 cm³/mol. The molecule has 1 N–H and O–H groups in total. The fourth-order valence-corrected chi connectivity index (χ4v) is 3.19. The van der Waals surface area contributed by atoms with E-state index in [0.29, 0.717) is 35.7 Å². The summed E-state index contributed by atoms with van der Waals surface area (Å²) in [6.07, 6.45) is 2.61. The molecule has 27 heavy (non-hydrogen) atoms. The standard InChI is InChI=1S/C18H17ClN6O2/c1-2-13-14(11-4-6-12(19)7-5-11)16-22-21-15-17(25(16)23-13)20-10-24(18(15)27)8-3-9-26/h4-7,10,26H,2-3,8-9H2,1H3. The van der Waals surface area contributed by atoms with E-state index >= 15 is 0 Å². The quantitative estimate of drug-likeness (QED) is 0.565. The van der Waals surface area contributed by atoms with Gasteiger partial charge in [0.05, 0.1) is 11.3 Å². The second-order valence-electron chi connectivity index (χ2n) is 6.11. The van der Waals surface area contributed by atoms with Crippen molar-refractivity contribution in [1.82, 2.24) is 29.4 Å². The van der Waals surface area contributed by atoms with Crippen LogP contribution in [0.2, 0.25) is 5.02 Å². The second-order valence-corrected chi connectivity index (χ2v) is 6.55. The number of aryl methyl sites for hydroxylation is 2. The number of hydrogen-bond acceptors (Lipinski definition) is 6. The molecule has 0 fully saturated rings. The maximum Gasteiger partial charge on any atom is 0.283 e. The van der Waals surface area contributed by atoms with E-state index in [1.807, 2.05) is 31.2 Å². The van der Waals surface area contributed by atoms with Gasteiger partial charge >= 0.3 is 0 Å². The van der Waals surface area contributed by atoms with Gasteiger partial charge in [-0.2, -0.15) is 9.61 Å². The Labute approximate surface area is 159 Å². The molecule has 0 saturated carbocycles. The lowest BCUT2D eigenvalue weighted by atomic mass is 10.0. The third-order valence-electron chi connectivity index (χ3n) is 4.40. The number of aliphatic hydroxyl groups is 1. The first-order chi connectivity index (χ1) is 13.1. The van der Waals surface area contributed by atoms with Gasteiger partial charge in [0.15, 0.2) is 16.8 Å². The van der Waals surface area contributed by atoms with Crippen LogP contribution in [0.3, 0.4) is 0 Å². The Kier molecular flexibility index (Phi) is 4.59. The lowest BCUT2D eigenvalue weighted by molar-refractivity contribution is 0.279. The molecule has 3 heterocycles. The van der Waals surface area contributed by atoms with Crippen LogP contribution in [0.15, 0.2) is 35.4 Å². The van der Waals surface area contributed by atoms with Gasteiger partial charge in [0.25, 0.3) is 5.56 Å². The van der Waals surface area contributed by atoms with E-state index in [-0.39, 0.29) is 17.7 Å². The minimum Gasteiger partial charge on any atom is -0.396 e. The van der Waals surface area contributed by atoms with Crippen LogP contribution in [0.1, 0.15) is 19.0 Å². The number of benzene rings is 1. The Balaban J connectivity index is 1.97. The molecular weight excluding hydrogens is 368 g/mol. The van der Waals surface area contributed by atoms with Crippen LogP contribution in [0.25, 0.3) is 27.9 Å². The van der Waals surface area contributed by atoms with E-state index in [1.165, 1.54) is 10.9 Å². The summed E-state index contributed by atoms with van der Waals surface area (Å²) in [5.74, 6) is 0. The predicted octanol–water partition coefficient (Wildman–Crippen LogP) is 2.10. The molecule has 0 saturated heterocycles. The highest BCUT2D eigenvalue weighted by Crippen LogP contribution is 2.29. The second kappa shape index (κ2) is 7.05. The largest absolute Gasteiger partial charge is 0.396 e.